The molecule has 3 aliphatic rings. The largest absolute Gasteiger partial charge is 0.444 e. The van der Waals surface area contributed by atoms with E-state index < -0.39 is 34.3 Å². The van der Waals surface area contributed by atoms with Crippen molar-refractivity contribution < 1.29 is 28.7 Å². The zero-order chi connectivity index (χ0) is 38.6. The van der Waals surface area contributed by atoms with Gasteiger partial charge in [-0.3, -0.25) is 14.6 Å². The van der Waals surface area contributed by atoms with Crippen LogP contribution in [0.25, 0.3) is 0 Å². The third kappa shape index (κ3) is 10.4. The first-order chi connectivity index (χ1) is 24.1. The number of nitriles is 1. The smallest absolute Gasteiger partial charge is 0.410 e. The Hall–Kier alpha value is -3.76. The molecule has 2 aromatic carbocycles. The number of halogens is 4. The van der Waals surface area contributed by atoms with Crippen LogP contribution >= 0.6 is 46.4 Å². The molecule has 2 aromatic rings. The van der Waals surface area contributed by atoms with E-state index in [1.807, 2.05) is 20.8 Å². The molecule has 5 rings (SSSR count). The van der Waals surface area contributed by atoms with Gasteiger partial charge in [-0.15, -0.1) is 0 Å². The number of hydrogen-bond acceptors (Lipinski definition) is 8. The van der Waals surface area contributed by atoms with E-state index in [4.69, 9.17) is 55.9 Å². The number of carbonyl (C=O) groups excluding carboxylic acids is 4. The lowest BCUT2D eigenvalue weighted by molar-refractivity contribution is -0.125. The molecule has 4 amide bonds. The number of amidine groups is 1. The van der Waals surface area contributed by atoms with Crippen LogP contribution < -0.4 is 10.6 Å². The fourth-order valence-corrected chi connectivity index (χ4v) is 6.66. The van der Waals surface area contributed by atoms with Gasteiger partial charge < -0.3 is 29.9 Å². The maximum Gasteiger partial charge on any atom is 0.410 e. The molecule has 3 heterocycles. The molecule has 16 heteroatoms. The van der Waals surface area contributed by atoms with Crippen molar-refractivity contribution in [2.45, 2.75) is 89.5 Å². The number of ether oxygens (including phenoxy) is 2. The highest BCUT2D eigenvalue weighted by Crippen LogP contribution is 2.33. The van der Waals surface area contributed by atoms with Gasteiger partial charge in [-0.05, 0) is 90.8 Å². The summed E-state index contributed by atoms with van der Waals surface area (Å²) in [5.74, 6) is -0.163. The van der Waals surface area contributed by atoms with E-state index >= 15 is 0 Å². The van der Waals surface area contributed by atoms with Gasteiger partial charge in [0.05, 0.1) is 21.7 Å². The number of likely N-dealkylation sites (tertiary alicyclic amines) is 2. The maximum atomic E-state index is 12.6. The predicted octanol–water partition coefficient (Wildman–Crippen LogP) is 7.66. The summed E-state index contributed by atoms with van der Waals surface area (Å²) in [5.41, 5.74) is -2.17. The van der Waals surface area contributed by atoms with Crippen LogP contribution in [0.15, 0.2) is 41.4 Å². The van der Waals surface area contributed by atoms with Gasteiger partial charge in [-0.25, -0.2) is 9.59 Å². The Kier molecular flexibility index (Phi) is 12.7. The lowest BCUT2D eigenvalue weighted by atomic mass is 9.88. The van der Waals surface area contributed by atoms with Gasteiger partial charge in [0.25, 0.3) is 11.8 Å². The Morgan fingerprint density at radius 2 is 1.29 bits per heavy atom. The average molecular weight is 797 g/mol. The summed E-state index contributed by atoms with van der Waals surface area (Å²) in [6.07, 6.45) is 0.700. The molecule has 2 N–H and O–H groups in total. The van der Waals surface area contributed by atoms with Crippen molar-refractivity contribution in [2.75, 3.05) is 26.2 Å². The lowest BCUT2D eigenvalue weighted by Gasteiger charge is -2.38. The summed E-state index contributed by atoms with van der Waals surface area (Å²) in [4.78, 5) is 57.2. The van der Waals surface area contributed by atoms with Gasteiger partial charge in [0.2, 0.25) is 0 Å². The van der Waals surface area contributed by atoms with E-state index in [0.717, 1.165) is 0 Å². The van der Waals surface area contributed by atoms with Crippen LogP contribution in [0.5, 0.6) is 0 Å². The highest BCUT2D eigenvalue weighted by Gasteiger charge is 2.47. The number of carbonyl (C=O) groups is 4. The zero-order valence-electron chi connectivity index (χ0n) is 29.9. The standard InChI is InChI=1S/2C18H21Cl2N3O3/c1-17(2,3)26-16(25)23-8-6-18(7-9-23)15(24)21-14(22-18)12-5-4-11(19)10-13(12)20;1-17(2,3)26-16(25)23-8-6-18(11-21,7-9-23)22-15(24)13-5-4-12(19)10-14(13)20/h4-5,10H,6-9H2,1-3H3,(H,21,22,24);4-5,10H,6-9H2,1-3H3,(H,22,24). The van der Waals surface area contributed by atoms with Crippen LogP contribution in [0.1, 0.15) is 83.1 Å². The molecule has 0 atom stereocenters. The van der Waals surface area contributed by atoms with E-state index in [-0.39, 0.29) is 22.6 Å². The van der Waals surface area contributed by atoms with E-state index in [2.05, 4.69) is 21.7 Å². The van der Waals surface area contributed by atoms with Crippen LogP contribution in [-0.4, -0.2) is 88.1 Å². The lowest BCUT2D eigenvalue weighted by Crippen LogP contribution is -2.55. The minimum atomic E-state index is -1.06. The molecule has 0 bridgehead atoms. The SMILES string of the molecule is CC(C)(C)OC(=O)N1CCC(C#N)(NC(=O)c2ccc(Cl)cc2Cl)CC1.CC(C)(C)OC(=O)N1CCC2(CC1)N=C(c1ccc(Cl)cc1Cl)NC2=O. The van der Waals surface area contributed by atoms with Gasteiger partial charge >= 0.3 is 12.2 Å². The zero-order valence-corrected chi connectivity index (χ0v) is 32.9. The third-order valence-electron chi connectivity index (χ3n) is 8.42. The molecule has 0 saturated carbocycles. The van der Waals surface area contributed by atoms with E-state index in [1.54, 1.807) is 54.8 Å². The van der Waals surface area contributed by atoms with Gasteiger partial charge in [-0.2, -0.15) is 5.26 Å². The number of nitrogens with one attached hydrogen (secondary N) is 2. The molecule has 280 valence electrons. The number of aliphatic imine (C=N–C) groups is 1. The van der Waals surface area contributed by atoms with Crippen molar-refractivity contribution in [2.24, 2.45) is 4.99 Å². The van der Waals surface area contributed by atoms with E-state index in [0.29, 0.717) is 78.3 Å². The topological polar surface area (TPSA) is 153 Å². The molecule has 2 saturated heterocycles. The van der Waals surface area contributed by atoms with Crippen molar-refractivity contribution in [3.05, 3.63) is 67.6 Å². The Bertz CT molecular complexity index is 1780. The van der Waals surface area contributed by atoms with Crippen LogP contribution in [0.3, 0.4) is 0 Å². The third-order valence-corrected chi connectivity index (χ3v) is 9.52. The van der Waals surface area contributed by atoms with Crippen LogP contribution in [0.2, 0.25) is 20.1 Å². The second-order valence-corrected chi connectivity index (χ2v) is 16.5. The van der Waals surface area contributed by atoms with Crippen molar-refractivity contribution in [1.29, 1.82) is 5.26 Å². The quantitative estimate of drug-likeness (QED) is 0.324. The summed E-state index contributed by atoms with van der Waals surface area (Å²) in [5, 5.41) is 16.8. The Morgan fingerprint density at radius 1 is 0.808 bits per heavy atom. The highest BCUT2D eigenvalue weighted by molar-refractivity contribution is 6.38. The highest BCUT2D eigenvalue weighted by atomic mass is 35.5. The van der Waals surface area contributed by atoms with Crippen molar-refractivity contribution in [3.8, 4) is 6.07 Å². The number of benzene rings is 2. The maximum absolute atomic E-state index is 12.6. The Balaban J connectivity index is 0.000000233. The molecular weight excluding hydrogens is 754 g/mol. The minimum Gasteiger partial charge on any atom is -0.444 e. The van der Waals surface area contributed by atoms with Gasteiger partial charge in [-0.1, -0.05) is 46.4 Å². The molecule has 1 spiro atoms. The summed E-state index contributed by atoms with van der Waals surface area (Å²) in [6, 6.07) is 11.8. The Morgan fingerprint density at radius 3 is 1.75 bits per heavy atom. The molecule has 2 fully saturated rings. The van der Waals surface area contributed by atoms with Gasteiger partial charge in [0.1, 0.15) is 28.1 Å². The molecule has 0 aliphatic carbocycles. The number of nitrogens with zero attached hydrogens (tertiary/aromatic N) is 4. The van der Waals surface area contributed by atoms with Crippen LogP contribution in [0.4, 0.5) is 9.59 Å². The van der Waals surface area contributed by atoms with Crippen molar-refractivity contribution >= 4 is 76.2 Å². The van der Waals surface area contributed by atoms with Crippen LogP contribution in [0, 0.1) is 11.3 Å². The molecule has 52 heavy (non-hydrogen) atoms. The minimum absolute atomic E-state index is 0.164. The van der Waals surface area contributed by atoms with Crippen molar-refractivity contribution in [3.63, 3.8) is 0 Å². The molecule has 12 nitrogen and oxygen atoms in total. The monoisotopic (exact) mass is 794 g/mol. The van der Waals surface area contributed by atoms with Crippen molar-refractivity contribution in [1.82, 2.24) is 20.4 Å². The van der Waals surface area contributed by atoms with E-state index in [1.165, 1.54) is 12.1 Å². The van der Waals surface area contributed by atoms with E-state index in [9.17, 15) is 24.4 Å². The second-order valence-electron chi connectivity index (χ2n) is 14.8. The fraction of sp³-hybridized carbons (Fsp3) is 0.500. The fourth-order valence-electron chi connectivity index (χ4n) is 5.67. The molecule has 3 aliphatic heterocycles. The first-order valence-electron chi connectivity index (χ1n) is 16.7. The number of rotatable bonds is 3. The first-order valence-corrected chi connectivity index (χ1v) is 18.2. The van der Waals surface area contributed by atoms with Gasteiger partial charge in [0.15, 0.2) is 0 Å². The molecule has 0 aromatic heterocycles. The normalized spacial score (nSPS) is 17.9. The van der Waals surface area contributed by atoms with Crippen LogP contribution in [-0.2, 0) is 14.3 Å². The molecular formula is C36H42Cl4N6O6. The number of amides is 4. The predicted molar refractivity (Wildman–Crippen MR) is 200 cm³/mol. The average Bonchev–Trinajstić information content (AvgIpc) is 3.34. The number of piperidine rings is 2. The van der Waals surface area contributed by atoms with Gasteiger partial charge in [0, 0.05) is 54.6 Å². The first kappa shape index (κ1) is 41.0. The number of hydrogen-bond donors (Lipinski definition) is 2. The second kappa shape index (κ2) is 16.1. The molecule has 0 radical (unpaired) electrons. The summed E-state index contributed by atoms with van der Waals surface area (Å²) < 4.78 is 10.7. The summed E-state index contributed by atoms with van der Waals surface area (Å²) in [6.45, 7) is 12.3. The Labute approximate surface area is 323 Å². The summed E-state index contributed by atoms with van der Waals surface area (Å²) >= 11 is 24.1. The summed E-state index contributed by atoms with van der Waals surface area (Å²) in [7, 11) is 0. The molecule has 0 unspecified atom stereocenters.